The van der Waals surface area contributed by atoms with Crippen molar-refractivity contribution in [3.63, 3.8) is 0 Å². The van der Waals surface area contributed by atoms with Crippen LogP contribution >= 0.6 is 0 Å². The van der Waals surface area contributed by atoms with E-state index in [1.165, 1.54) is 0 Å². The van der Waals surface area contributed by atoms with Crippen molar-refractivity contribution in [1.82, 2.24) is 0 Å². The molecule has 0 saturated heterocycles. The molecule has 94 valence electrons. The first-order valence-corrected chi connectivity index (χ1v) is 5.47. The van der Waals surface area contributed by atoms with Gasteiger partial charge in [0.15, 0.2) is 0 Å². The first kappa shape index (κ1) is 12.5. The first-order valence-electron chi connectivity index (χ1n) is 5.47. The van der Waals surface area contributed by atoms with Gasteiger partial charge in [0.05, 0.1) is 0 Å². The fourth-order valence-corrected chi connectivity index (χ4v) is 1.56. The molecule has 0 aliphatic heterocycles. The summed E-state index contributed by atoms with van der Waals surface area (Å²) in [6.45, 7) is -0.0626. The van der Waals surface area contributed by atoms with E-state index < -0.39 is 17.7 Å². The maximum atomic E-state index is 13.0. The van der Waals surface area contributed by atoms with E-state index in [0.29, 0.717) is 5.75 Å². The highest BCUT2D eigenvalue weighted by molar-refractivity contribution is 5.23. The van der Waals surface area contributed by atoms with Gasteiger partial charge in [0.25, 0.3) is 0 Å². The number of para-hydroxylation sites is 1. The van der Waals surface area contributed by atoms with Gasteiger partial charge in [-0.15, -0.1) is 0 Å². The summed E-state index contributed by atoms with van der Waals surface area (Å²) in [7, 11) is 0. The lowest BCUT2D eigenvalue weighted by atomic mass is 10.1. The molecule has 2 nitrogen and oxygen atoms in total. The highest BCUT2D eigenvalue weighted by Gasteiger charge is 2.11. The molecule has 1 unspecified atom stereocenters. The van der Waals surface area contributed by atoms with Crippen LogP contribution in [-0.4, -0.2) is 11.7 Å². The third-order valence-electron chi connectivity index (χ3n) is 2.42. The maximum absolute atomic E-state index is 13.0. The Hall–Kier alpha value is -1.94. The zero-order chi connectivity index (χ0) is 13.0. The summed E-state index contributed by atoms with van der Waals surface area (Å²) in [5, 5.41) is 9.77. The van der Waals surface area contributed by atoms with Crippen LogP contribution in [0.25, 0.3) is 0 Å². The Balaban J connectivity index is 2.01. The van der Waals surface area contributed by atoms with Gasteiger partial charge < -0.3 is 9.84 Å². The Bertz CT molecular complexity index is 494. The first-order chi connectivity index (χ1) is 8.65. The molecule has 0 bridgehead atoms. The van der Waals surface area contributed by atoms with Crippen LogP contribution in [0.2, 0.25) is 0 Å². The summed E-state index contributed by atoms with van der Waals surface area (Å²) in [5.41, 5.74) is 0.156. The van der Waals surface area contributed by atoms with Gasteiger partial charge in [0.2, 0.25) is 0 Å². The summed E-state index contributed by atoms with van der Waals surface area (Å²) >= 11 is 0. The molecule has 0 aromatic heterocycles. The van der Waals surface area contributed by atoms with Gasteiger partial charge in [-0.05, 0) is 29.8 Å². The Kier molecular flexibility index (Phi) is 3.89. The molecule has 0 amide bonds. The summed E-state index contributed by atoms with van der Waals surface area (Å²) in [6.07, 6.45) is -1.07. The second kappa shape index (κ2) is 5.60. The van der Waals surface area contributed by atoms with Gasteiger partial charge >= 0.3 is 0 Å². The highest BCUT2D eigenvalue weighted by Crippen LogP contribution is 2.18. The number of benzene rings is 2. The summed E-state index contributed by atoms with van der Waals surface area (Å²) in [4.78, 5) is 0. The molecule has 2 aromatic rings. The van der Waals surface area contributed by atoms with Crippen LogP contribution < -0.4 is 4.74 Å². The number of halogens is 2. The van der Waals surface area contributed by atoms with Crippen molar-refractivity contribution < 1.29 is 18.6 Å². The quantitative estimate of drug-likeness (QED) is 0.903. The molecule has 0 heterocycles. The van der Waals surface area contributed by atoms with E-state index in [4.69, 9.17) is 4.74 Å². The molecule has 2 aromatic carbocycles. The summed E-state index contributed by atoms with van der Waals surface area (Å²) in [6, 6.07) is 11.8. The third-order valence-corrected chi connectivity index (χ3v) is 2.42. The molecule has 2 rings (SSSR count). The number of rotatable bonds is 4. The van der Waals surface area contributed by atoms with Crippen LogP contribution in [0, 0.1) is 11.6 Å². The van der Waals surface area contributed by atoms with Gasteiger partial charge in [-0.1, -0.05) is 18.2 Å². The maximum Gasteiger partial charge on any atom is 0.126 e. The Morgan fingerprint density at radius 3 is 2.22 bits per heavy atom. The second-order valence-electron chi connectivity index (χ2n) is 3.84. The van der Waals surface area contributed by atoms with E-state index in [2.05, 4.69) is 0 Å². The van der Waals surface area contributed by atoms with Crippen molar-refractivity contribution in [3.05, 3.63) is 65.7 Å². The van der Waals surface area contributed by atoms with Crippen LogP contribution in [-0.2, 0) is 0 Å². The van der Waals surface area contributed by atoms with Crippen LogP contribution in [0.5, 0.6) is 5.75 Å². The molecule has 1 atom stereocenters. The topological polar surface area (TPSA) is 29.5 Å². The van der Waals surface area contributed by atoms with E-state index in [0.717, 1.165) is 18.2 Å². The van der Waals surface area contributed by atoms with Gasteiger partial charge in [0, 0.05) is 6.07 Å². The average molecular weight is 250 g/mol. The number of aliphatic hydroxyl groups is 1. The van der Waals surface area contributed by atoms with Crippen LogP contribution in [0.3, 0.4) is 0 Å². The Labute approximate surface area is 103 Å². The molecule has 0 aliphatic rings. The zero-order valence-corrected chi connectivity index (χ0v) is 9.51. The number of hydrogen-bond acceptors (Lipinski definition) is 2. The zero-order valence-electron chi connectivity index (χ0n) is 9.51. The molecule has 18 heavy (non-hydrogen) atoms. The Morgan fingerprint density at radius 1 is 1.00 bits per heavy atom. The molecule has 4 heteroatoms. The number of aliphatic hydroxyl groups excluding tert-OH is 1. The smallest absolute Gasteiger partial charge is 0.126 e. The molecule has 0 saturated carbocycles. The lowest BCUT2D eigenvalue weighted by Crippen LogP contribution is -2.10. The normalized spacial score (nSPS) is 12.2. The molecule has 0 aliphatic carbocycles. The summed E-state index contributed by atoms with van der Waals surface area (Å²) in [5.74, 6) is -0.846. The predicted molar refractivity (Wildman–Crippen MR) is 63.3 cm³/mol. The van der Waals surface area contributed by atoms with Crippen LogP contribution in [0.15, 0.2) is 48.5 Å². The van der Waals surface area contributed by atoms with E-state index in [9.17, 15) is 13.9 Å². The summed E-state index contributed by atoms with van der Waals surface area (Å²) < 4.78 is 31.2. The average Bonchev–Trinajstić information content (AvgIpc) is 2.36. The van der Waals surface area contributed by atoms with Crippen molar-refractivity contribution in [3.8, 4) is 5.75 Å². The Morgan fingerprint density at radius 2 is 1.61 bits per heavy atom. The second-order valence-corrected chi connectivity index (χ2v) is 3.84. The lowest BCUT2D eigenvalue weighted by Gasteiger charge is -2.12. The van der Waals surface area contributed by atoms with E-state index in [1.54, 1.807) is 24.3 Å². The van der Waals surface area contributed by atoms with Crippen molar-refractivity contribution >= 4 is 0 Å². The van der Waals surface area contributed by atoms with Crippen molar-refractivity contribution in [2.75, 3.05) is 6.61 Å². The number of ether oxygens (including phenoxy) is 1. The fraction of sp³-hybridized carbons (Fsp3) is 0.143. The van der Waals surface area contributed by atoms with E-state index >= 15 is 0 Å². The fourth-order valence-electron chi connectivity index (χ4n) is 1.56. The SMILES string of the molecule is OC(COc1ccccc1)c1cc(F)cc(F)c1. The minimum absolute atomic E-state index is 0.0626. The molecular formula is C14H12F2O2. The van der Waals surface area contributed by atoms with Gasteiger partial charge in [-0.2, -0.15) is 0 Å². The largest absolute Gasteiger partial charge is 0.491 e. The van der Waals surface area contributed by atoms with E-state index in [1.807, 2.05) is 6.07 Å². The molecule has 0 spiro atoms. The minimum atomic E-state index is -1.07. The predicted octanol–water partition coefficient (Wildman–Crippen LogP) is 3.08. The van der Waals surface area contributed by atoms with Crippen molar-refractivity contribution in [2.45, 2.75) is 6.10 Å². The van der Waals surface area contributed by atoms with Crippen LogP contribution in [0.1, 0.15) is 11.7 Å². The minimum Gasteiger partial charge on any atom is -0.491 e. The molecule has 0 fully saturated rings. The standard InChI is InChI=1S/C14H12F2O2/c15-11-6-10(7-12(16)8-11)14(17)9-18-13-4-2-1-3-5-13/h1-8,14,17H,9H2. The number of hydrogen-bond donors (Lipinski definition) is 1. The van der Waals surface area contributed by atoms with E-state index in [-0.39, 0.29) is 12.2 Å². The monoisotopic (exact) mass is 250 g/mol. The lowest BCUT2D eigenvalue weighted by molar-refractivity contribution is 0.107. The van der Waals surface area contributed by atoms with Crippen LogP contribution in [0.4, 0.5) is 8.78 Å². The third kappa shape index (κ3) is 3.28. The van der Waals surface area contributed by atoms with Gasteiger partial charge in [-0.3, -0.25) is 0 Å². The highest BCUT2D eigenvalue weighted by atomic mass is 19.1. The molecular weight excluding hydrogens is 238 g/mol. The molecule has 1 N–H and O–H groups in total. The molecule has 0 radical (unpaired) electrons. The van der Waals surface area contributed by atoms with Gasteiger partial charge in [0.1, 0.15) is 30.1 Å². The van der Waals surface area contributed by atoms with Gasteiger partial charge in [-0.25, -0.2) is 8.78 Å². The van der Waals surface area contributed by atoms with Crippen molar-refractivity contribution in [1.29, 1.82) is 0 Å². The van der Waals surface area contributed by atoms with Crippen molar-refractivity contribution in [2.24, 2.45) is 0 Å².